The molecule has 0 atom stereocenters. The summed E-state index contributed by atoms with van der Waals surface area (Å²) in [6.45, 7) is -0.119. The Morgan fingerprint density at radius 3 is 2.08 bits per heavy atom. The molecule has 0 saturated heterocycles. The number of H-pyrrole nitrogens is 1. The van der Waals surface area contributed by atoms with Gasteiger partial charge in [-0.1, -0.05) is 34.7 Å². The molecule has 25 heavy (non-hydrogen) atoms. The average molecular weight is 447 g/mol. The van der Waals surface area contributed by atoms with E-state index in [1.54, 1.807) is 12.1 Å². The number of benzene rings is 2. The first-order valence-corrected chi connectivity index (χ1v) is 9.32. The smallest absolute Gasteiger partial charge is 0.272 e. The molecule has 1 amide bonds. The molecule has 3 aromatic rings. The maximum atomic E-state index is 12.1. The van der Waals surface area contributed by atoms with E-state index in [1.165, 1.54) is 5.56 Å². The van der Waals surface area contributed by atoms with E-state index in [-0.39, 0.29) is 12.5 Å². The molecule has 0 fully saturated rings. The van der Waals surface area contributed by atoms with Crippen molar-refractivity contribution in [1.29, 1.82) is 0 Å². The van der Waals surface area contributed by atoms with Crippen LogP contribution < -0.4 is 10.6 Å². The minimum absolute atomic E-state index is 0.119. The van der Waals surface area contributed by atoms with Crippen LogP contribution in [0.15, 0.2) is 60.7 Å². The van der Waals surface area contributed by atoms with Crippen LogP contribution in [0.1, 0.15) is 21.7 Å². The van der Waals surface area contributed by atoms with Crippen molar-refractivity contribution in [3.05, 3.63) is 77.6 Å². The molecule has 0 unspecified atom stereocenters. The highest BCUT2D eigenvalue weighted by Crippen LogP contribution is 2.20. The SMILES string of the molecule is O=C(Nc1ccc(Nc2ccc(CI)cc2)cc1)c1ccc(CO)[nH]1. The number of aromatic nitrogens is 1. The van der Waals surface area contributed by atoms with Gasteiger partial charge in [0.25, 0.3) is 5.91 Å². The Kier molecular flexibility index (Phi) is 5.72. The van der Waals surface area contributed by atoms with Gasteiger partial charge in [0.15, 0.2) is 0 Å². The largest absolute Gasteiger partial charge is 0.390 e. The van der Waals surface area contributed by atoms with Crippen LogP contribution in [0, 0.1) is 0 Å². The summed E-state index contributed by atoms with van der Waals surface area (Å²) in [4.78, 5) is 15.0. The highest BCUT2D eigenvalue weighted by molar-refractivity contribution is 14.1. The Balaban J connectivity index is 1.62. The lowest BCUT2D eigenvalue weighted by atomic mass is 10.2. The molecule has 0 bridgehead atoms. The third kappa shape index (κ3) is 4.61. The Morgan fingerprint density at radius 2 is 1.52 bits per heavy atom. The van der Waals surface area contributed by atoms with Gasteiger partial charge in [-0.05, 0) is 54.1 Å². The van der Waals surface area contributed by atoms with Crippen LogP contribution in [0.3, 0.4) is 0 Å². The van der Waals surface area contributed by atoms with Crippen LogP contribution in [-0.2, 0) is 11.0 Å². The molecular weight excluding hydrogens is 429 g/mol. The van der Waals surface area contributed by atoms with Crippen molar-refractivity contribution in [3.63, 3.8) is 0 Å². The van der Waals surface area contributed by atoms with Crippen LogP contribution in [0.2, 0.25) is 0 Å². The Hall–Kier alpha value is -2.32. The van der Waals surface area contributed by atoms with Gasteiger partial charge in [0.2, 0.25) is 0 Å². The monoisotopic (exact) mass is 447 g/mol. The molecule has 0 radical (unpaired) electrons. The number of carbonyl (C=O) groups is 1. The zero-order valence-corrected chi connectivity index (χ0v) is 15.6. The van der Waals surface area contributed by atoms with Crippen LogP contribution >= 0.6 is 22.6 Å². The summed E-state index contributed by atoms with van der Waals surface area (Å²) in [6, 6.07) is 19.1. The molecule has 0 aliphatic carbocycles. The molecule has 1 aromatic heterocycles. The fourth-order valence-electron chi connectivity index (χ4n) is 2.34. The van der Waals surface area contributed by atoms with Crippen molar-refractivity contribution in [3.8, 4) is 0 Å². The Bertz CT molecular complexity index is 842. The van der Waals surface area contributed by atoms with Gasteiger partial charge in [0, 0.05) is 27.2 Å². The molecule has 2 aromatic carbocycles. The highest BCUT2D eigenvalue weighted by Gasteiger charge is 2.08. The Labute approximate surface area is 159 Å². The predicted molar refractivity (Wildman–Crippen MR) is 109 cm³/mol. The van der Waals surface area contributed by atoms with E-state index in [2.05, 4.69) is 50.3 Å². The first kappa shape index (κ1) is 17.5. The second kappa shape index (κ2) is 8.17. The summed E-state index contributed by atoms with van der Waals surface area (Å²) in [6.07, 6.45) is 0. The third-order valence-electron chi connectivity index (χ3n) is 3.70. The van der Waals surface area contributed by atoms with Crippen LogP contribution in [0.4, 0.5) is 17.1 Å². The quantitative estimate of drug-likeness (QED) is 0.334. The minimum Gasteiger partial charge on any atom is -0.390 e. The number of carbonyl (C=O) groups excluding carboxylic acids is 1. The van der Waals surface area contributed by atoms with Gasteiger partial charge in [-0.25, -0.2) is 0 Å². The zero-order valence-electron chi connectivity index (χ0n) is 13.4. The lowest BCUT2D eigenvalue weighted by Crippen LogP contribution is -2.12. The summed E-state index contributed by atoms with van der Waals surface area (Å²) in [5.74, 6) is -0.241. The number of rotatable bonds is 6. The highest BCUT2D eigenvalue weighted by atomic mass is 127. The van der Waals surface area contributed by atoms with E-state index in [9.17, 15) is 4.79 Å². The van der Waals surface area contributed by atoms with E-state index in [1.807, 2.05) is 36.4 Å². The van der Waals surface area contributed by atoms with Crippen LogP contribution in [0.5, 0.6) is 0 Å². The summed E-state index contributed by atoms with van der Waals surface area (Å²) < 4.78 is 0.993. The van der Waals surface area contributed by atoms with Gasteiger partial charge < -0.3 is 20.7 Å². The summed E-state index contributed by atoms with van der Waals surface area (Å²) >= 11 is 2.34. The number of anilines is 3. The van der Waals surface area contributed by atoms with Crippen molar-refractivity contribution in [1.82, 2.24) is 4.98 Å². The molecule has 6 heteroatoms. The molecule has 0 saturated carbocycles. The molecule has 1 heterocycles. The van der Waals surface area contributed by atoms with E-state index in [0.29, 0.717) is 17.1 Å². The van der Waals surface area contributed by atoms with Crippen molar-refractivity contribution in [2.45, 2.75) is 11.0 Å². The molecule has 5 nitrogen and oxygen atoms in total. The number of aliphatic hydroxyl groups is 1. The molecule has 0 aliphatic rings. The molecule has 128 valence electrons. The molecular formula is C19H18IN3O2. The van der Waals surface area contributed by atoms with E-state index in [0.717, 1.165) is 15.8 Å². The topological polar surface area (TPSA) is 77.2 Å². The summed E-state index contributed by atoms with van der Waals surface area (Å²) in [5.41, 5.74) is 4.99. The first-order chi connectivity index (χ1) is 12.2. The number of hydrogen-bond acceptors (Lipinski definition) is 3. The molecule has 3 rings (SSSR count). The number of amides is 1. The number of aromatic amines is 1. The fraction of sp³-hybridized carbons (Fsp3) is 0.105. The number of nitrogens with one attached hydrogen (secondary N) is 3. The lowest BCUT2D eigenvalue weighted by molar-refractivity contribution is 0.102. The zero-order chi connectivity index (χ0) is 17.6. The lowest BCUT2D eigenvalue weighted by Gasteiger charge is -2.09. The van der Waals surface area contributed by atoms with Crippen molar-refractivity contribution in [2.24, 2.45) is 0 Å². The van der Waals surface area contributed by atoms with Crippen molar-refractivity contribution < 1.29 is 9.90 Å². The van der Waals surface area contributed by atoms with Crippen LogP contribution in [0.25, 0.3) is 0 Å². The standard InChI is InChI=1S/C19H18IN3O2/c20-11-13-1-3-14(4-2-13)21-15-5-7-16(8-6-15)23-19(25)18-10-9-17(12-24)22-18/h1-10,21-22,24H,11-12H2,(H,23,25). The number of alkyl halides is 1. The van der Waals surface area contributed by atoms with Gasteiger partial charge in [-0.15, -0.1) is 0 Å². The van der Waals surface area contributed by atoms with E-state index in [4.69, 9.17) is 5.11 Å². The van der Waals surface area contributed by atoms with E-state index >= 15 is 0 Å². The van der Waals surface area contributed by atoms with Crippen molar-refractivity contribution in [2.75, 3.05) is 10.6 Å². The minimum atomic E-state index is -0.241. The molecule has 4 N–H and O–H groups in total. The van der Waals surface area contributed by atoms with Gasteiger partial charge in [-0.2, -0.15) is 0 Å². The normalized spacial score (nSPS) is 10.5. The average Bonchev–Trinajstić information content (AvgIpc) is 3.13. The second-order valence-corrected chi connectivity index (χ2v) is 6.31. The summed E-state index contributed by atoms with van der Waals surface area (Å²) in [7, 11) is 0. The van der Waals surface area contributed by atoms with Gasteiger partial charge in [0.05, 0.1) is 6.61 Å². The third-order valence-corrected chi connectivity index (χ3v) is 4.58. The summed E-state index contributed by atoms with van der Waals surface area (Å²) in [5, 5.41) is 15.2. The van der Waals surface area contributed by atoms with Crippen molar-refractivity contribution >= 4 is 45.6 Å². The van der Waals surface area contributed by atoms with Gasteiger partial charge in [-0.3, -0.25) is 4.79 Å². The second-order valence-electron chi connectivity index (χ2n) is 5.54. The molecule has 0 spiro atoms. The predicted octanol–water partition coefficient (Wildman–Crippen LogP) is 4.44. The maximum absolute atomic E-state index is 12.1. The Morgan fingerprint density at radius 1 is 0.920 bits per heavy atom. The number of aliphatic hydroxyl groups excluding tert-OH is 1. The number of halogens is 1. The fourth-order valence-corrected chi connectivity index (χ4v) is 2.85. The number of hydrogen-bond donors (Lipinski definition) is 4. The van der Waals surface area contributed by atoms with Gasteiger partial charge >= 0.3 is 0 Å². The maximum Gasteiger partial charge on any atom is 0.272 e. The first-order valence-electron chi connectivity index (χ1n) is 7.80. The van der Waals surface area contributed by atoms with E-state index < -0.39 is 0 Å². The van der Waals surface area contributed by atoms with Crippen LogP contribution in [-0.4, -0.2) is 16.0 Å². The molecule has 0 aliphatic heterocycles. The van der Waals surface area contributed by atoms with Gasteiger partial charge in [0.1, 0.15) is 5.69 Å².